The molecule has 0 radical (unpaired) electrons. The van der Waals surface area contributed by atoms with Gasteiger partial charge in [-0.05, 0) is 18.5 Å². The number of nitrogens with zero attached hydrogens (tertiary/aromatic N) is 2. The summed E-state index contributed by atoms with van der Waals surface area (Å²) < 4.78 is 0. The second kappa shape index (κ2) is 4.76. The van der Waals surface area contributed by atoms with Gasteiger partial charge in [-0.1, -0.05) is 0 Å². The molecule has 0 aliphatic rings. The topological polar surface area (TPSA) is 136 Å². The number of nitro benzene ring substituents is 1. The van der Waals surface area contributed by atoms with Gasteiger partial charge in [-0.15, -0.1) is 10.1 Å². The maximum atomic E-state index is 10.7. The Bertz CT molecular complexity index is 476. The Kier molecular flexibility index (Phi) is 3.60. The van der Waals surface area contributed by atoms with Gasteiger partial charge in [0.05, 0.1) is 10.5 Å². The molecule has 2 N–H and O–H groups in total. The minimum absolute atomic E-state index is 0.0731. The molecule has 1 aromatic carbocycles. The van der Waals surface area contributed by atoms with Crippen LogP contribution in [0, 0.1) is 27.2 Å². The molecule has 0 aliphatic carbocycles. The first-order chi connectivity index (χ1) is 7.82. The van der Waals surface area contributed by atoms with E-state index in [2.05, 4.69) is 4.84 Å². The fourth-order valence-corrected chi connectivity index (χ4v) is 1.21. The van der Waals surface area contributed by atoms with Gasteiger partial charge >= 0.3 is 7.12 Å². The summed E-state index contributed by atoms with van der Waals surface area (Å²) in [4.78, 5) is 24.1. The highest BCUT2D eigenvalue weighted by atomic mass is 17.0. The van der Waals surface area contributed by atoms with Gasteiger partial charge in [0, 0.05) is 6.07 Å². The number of hydrogen-bond acceptors (Lipinski definition) is 7. The van der Waals surface area contributed by atoms with Crippen LogP contribution in [0.3, 0.4) is 0 Å². The highest BCUT2D eigenvalue weighted by molar-refractivity contribution is 6.58. The van der Waals surface area contributed by atoms with E-state index in [1.165, 1.54) is 6.92 Å². The molecule has 17 heavy (non-hydrogen) atoms. The summed E-state index contributed by atoms with van der Waals surface area (Å²) in [5.74, 6) is -0.410. The summed E-state index contributed by atoms with van der Waals surface area (Å²) in [7, 11) is -1.98. The van der Waals surface area contributed by atoms with E-state index < -0.39 is 28.6 Å². The van der Waals surface area contributed by atoms with E-state index in [4.69, 9.17) is 10.0 Å². The van der Waals surface area contributed by atoms with E-state index in [0.29, 0.717) is 0 Å². The Balaban J connectivity index is 3.37. The highest BCUT2D eigenvalue weighted by Crippen LogP contribution is 2.26. The normalized spacial score (nSPS) is 9.82. The lowest BCUT2D eigenvalue weighted by Crippen LogP contribution is -2.30. The lowest BCUT2D eigenvalue weighted by atomic mass is 9.79. The van der Waals surface area contributed by atoms with Gasteiger partial charge in [0.1, 0.15) is 5.75 Å². The Morgan fingerprint density at radius 1 is 1.29 bits per heavy atom. The van der Waals surface area contributed by atoms with Crippen molar-refractivity contribution in [1.29, 1.82) is 0 Å². The maximum absolute atomic E-state index is 10.7. The smallest absolute Gasteiger partial charge is 0.423 e. The zero-order valence-electron chi connectivity index (χ0n) is 8.56. The van der Waals surface area contributed by atoms with Crippen LogP contribution in [-0.4, -0.2) is 27.2 Å². The molecule has 0 saturated heterocycles. The van der Waals surface area contributed by atoms with Crippen molar-refractivity contribution in [2.24, 2.45) is 0 Å². The van der Waals surface area contributed by atoms with E-state index in [9.17, 15) is 20.2 Å². The third kappa shape index (κ3) is 2.89. The molecule has 0 unspecified atom stereocenters. The van der Waals surface area contributed by atoms with Crippen LogP contribution in [0.2, 0.25) is 0 Å². The Morgan fingerprint density at radius 2 is 1.88 bits per heavy atom. The fourth-order valence-electron chi connectivity index (χ4n) is 1.21. The summed E-state index contributed by atoms with van der Waals surface area (Å²) >= 11 is 0. The SMILES string of the molecule is Cc1c(O[N+](=O)[O-])cc(B(O)O)cc1[N+](=O)[O-]. The summed E-state index contributed by atoms with van der Waals surface area (Å²) in [6, 6.07) is 1.86. The van der Waals surface area contributed by atoms with Crippen LogP contribution < -0.4 is 10.3 Å². The molecule has 0 spiro atoms. The van der Waals surface area contributed by atoms with E-state index in [-0.39, 0.29) is 11.0 Å². The molecule has 0 aromatic heterocycles. The van der Waals surface area contributed by atoms with Crippen LogP contribution in [0.15, 0.2) is 12.1 Å². The minimum atomic E-state index is -1.98. The third-order valence-corrected chi connectivity index (χ3v) is 2.02. The lowest BCUT2D eigenvalue weighted by Gasteiger charge is -2.07. The first-order valence-electron chi connectivity index (χ1n) is 4.30. The highest BCUT2D eigenvalue weighted by Gasteiger charge is 2.22. The van der Waals surface area contributed by atoms with Crippen molar-refractivity contribution in [3.05, 3.63) is 37.9 Å². The zero-order valence-corrected chi connectivity index (χ0v) is 8.56. The largest absolute Gasteiger partial charge is 0.488 e. The Morgan fingerprint density at radius 3 is 2.29 bits per heavy atom. The fraction of sp³-hybridized carbons (Fsp3) is 0.143. The van der Waals surface area contributed by atoms with Crippen LogP contribution in [0.5, 0.6) is 5.75 Å². The van der Waals surface area contributed by atoms with Crippen molar-refractivity contribution in [2.45, 2.75) is 6.92 Å². The van der Waals surface area contributed by atoms with Crippen molar-refractivity contribution in [3.8, 4) is 5.75 Å². The van der Waals surface area contributed by atoms with Crippen LogP contribution in [-0.2, 0) is 0 Å². The molecule has 90 valence electrons. The van der Waals surface area contributed by atoms with Crippen LogP contribution in [0.4, 0.5) is 5.69 Å². The van der Waals surface area contributed by atoms with Crippen LogP contribution >= 0.6 is 0 Å². The average molecular weight is 242 g/mol. The second-order valence-corrected chi connectivity index (χ2v) is 3.11. The van der Waals surface area contributed by atoms with Gasteiger partial charge < -0.3 is 10.0 Å². The van der Waals surface area contributed by atoms with Crippen LogP contribution in [0.1, 0.15) is 5.56 Å². The molecular weight excluding hydrogens is 235 g/mol. The van der Waals surface area contributed by atoms with Crippen LogP contribution in [0.25, 0.3) is 0 Å². The molecule has 1 aromatic rings. The van der Waals surface area contributed by atoms with Crippen molar-refractivity contribution in [3.63, 3.8) is 0 Å². The Hall–Kier alpha value is -2.20. The van der Waals surface area contributed by atoms with Crippen molar-refractivity contribution in [1.82, 2.24) is 0 Å². The first-order valence-corrected chi connectivity index (χ1v) is 4.30. The molecular formula is C7H7BN2O7. The molecule has 0 heterocycles. The summed E-state index contributed by atoms with van der Waals surface area (Å²) in [5.41, 5.74) is -0.831. The quantitative estimate of drug-likeness (QED) is 0.398. The number of benzene rings is 1. The summed E-state index contributed by atoms with van der Waals surface area (Å²) in [6.07, 6.45) is 0. The van der Waals surface area contributed by atoms with E-state index in [1.54, 1.807) is 0 Å². The summed E-state index contributed by atoms with van der Waals surface area (Å²) in [5, 5.41) is 37.5. The number of nitro groups is 1. The van der Waals surface area contributed by atoms with Gasteiger partial charge in [0.25, 0.3) is 10.8 Å². The molecule has 9 nitrogen and oxygen atoms in total. The maximum Gasteiger partial charge on any atom is 0.488 e. The molecule has 0 aliphatic heterocycles. The first kappa shape index (κ1) is 12.9. The van der Waals surface area contributed by atoms with Gasteiger partial charge in [-0.2, -0.15) is 0 Å². The molecule has 0 saturated carbocycles. The standard InChI is InChI=1S/C7H7BN2O7/c1-4-6(9(13)14)2-5(8(11)12)3-7(4)17-10(15)16/h2-3,11-12H,1H3. The predicted octanol–water partition coefficient (Wildman–Crippen LogP) is -0.846. The summed E-state index contributed by atoms with van der Waals surface area (Å²) in [6.45, 7) is 1.25. The molecule has 0 fully saturated rings. The van der Waals surface area contributed by atoms with Gasteiger partial charge in [0.2, 0.25) is 0 Å². The van der Waals surface area contributed by atoms with Gasteiger partial charge in [-0.3, -0.25) is 15.0 Å². The number of hydrogen-bond donors (Lipinski definition) is 2. The van der Waals surface area contributed by atoms with E-state index >= 15 is 0 Å². The molecule has 1 rings (SSSR count). The second-order valence-electron chi connectivity index (χ2n) is 3.11. The zero-order chi connectivity index (χ0) is 13.2. The van der Waals surface area contributed by atoms with Gasteiger partial charge in [-0.25, -0.2) is 0 Å². The monoisotopic (exact) mass is 242 g/mol. The van der Waals surface area contributed by atoms with Gasteiger partial charge in [0.15, 0.2) is 0 Å². The molecule has 0 bridgehead atoms. The van der Waals surface area contributed by atoms with Crippen molar-refractivity contribution in [2.75, 3.05) is 0 Å². The number of rotatable bonds is 4. The Labute approximate surface area is 94.7 Å². The molecule has 0 amide bonds. The van der Waals surface area contributed by atoms with Crippen molar-refractivity contribution < 1.29 is 24.9 Å². The molecule has 0 atom stereocenters. The van der Waals surface area contributed by atoms with Crippen molar-refractivity contribution >= 4 is 18.3 Å². The molecule has 10 heteroatoms. The minimum Gasteiger partial charge on any atom is -0.423 e. The lowest BCUT2D eigenvalue weighted by molar-refractivity contribution is -0.711. The van der Waals surface area contributed by atoms with E-state index in [1.807, 2.05) is 0 Å². The average Bonchev–Trinajstić information content (AvgIpc) is 2.19. The predicted molar refractivity (Wildman–Crippen MR) is 55.3 cm³/mol. The third-order valence-electron chi connectivity index (χ3n) is 2.02. The van der Waals surface area contributed by atoms with E-state index in [0.717, 1.165) is 12.1 Å².